The molecule has 0 radical (unpaired) electrons. The van der Waals surface area contributed by atoms with E-state index in [9.17, 15) is 0 Å². The number of aryl methyl sites for hydroxylation is 2. The summed E-state index contributed by atoms with van der Waals surface area (Å²) in [7, 11) is 2.16. The van der Waals surface area contributed by atoms with Gasteiger partial charge >= 0.3 is 0 Å². The van der Waals surface area contributed by atoms with Crippen LogP contribution in [0.25, 0.3) is 0 Å². The molecular weight excluding hydrogens is 345 g/mol. The van der Waals surface area contributed by atoms with E-state index in [1.165, 1.54) is 17.4 Å². The highest BCUT2D eigenvalue weighted by Gasteiger charge is 2.22. The molecule has 0 N–H and O–H groups in total. The molecule has 0 aliphatic carbocycles. The molecule has 0 bridgehead atoms. The number of hydrogen-bond donors (Lipinski definition) is 0. The van der Waals surface area contributed by atoms with E-state index in [4.69, 9.17) is 16.5 Å². The Kier molecular flexibility index (Phi) is 8.40. The minimum Gasteiger partial charge on any atom is -0.500 e. The number of likely N-dealkylation sites (N-methyl/N-ethyl adjacent to an activating group) is 1. The lowest BCUT2D eigenvalue weighted by Crippen LogP contribution is -2.24. The van der Waals surface area contributed by atoms with Crippen molar-refractivity contribution in [2.45, 2.75) is 12.8 Å². The van der Waals surface area contributed by atoms with E-state index in [1.807, 2.05) is 0 Å². The maximum absolute atomic E-state index is 6.23. The van der Waals surface area contributed by atoms with Crippen molar-refractivity contribution in [3.8, 4) is 0 Å². The SMILES string of the molecule is C=COCCN(C)P(=S)(CCc1ccccc1)CCc1ccccc1. The average molecular weight is 374 g/mol. The highest BCUT2D eigenvalue weighted by molar-refractivity contribution is 8.13. The van der Waals surface area contributed by atoms with Gasteiger partial charge in [-0.3, -0.25) is 4.67 Å². The van der Waals surface area contributed by atoms with E-state index in [0.717, 1.165) is 31.7 Å². The monoisotopic (exact) mass is 373 g/mol. The summed E-state index contributed by atoms with van der Waals surface area (Å²) >= 11 is 6.23. The molecular formula is C21H28NOPS. The molecule has 0 fully saturated rings. The minimum absolute atomic E-state index is 0.648. The highest BCUT2D eigenvalue weighted by atomic mass is 32.4. The quantitative estimate of drug-likeness (QED) is 0.314. The van der Waals surface area contributed by atoms with Crippen LogP contribution < -0.4 is 0 Å². The Hall–Kier alpha value is -1.41. The largest absolute Gasteiger partial charge is 0.500 e. The second kappa shape index (κ2) is 10.6. The van der Waals surface area contributed by atoms with E-state index >= 15 is 0 Å². The molecule has 0 amide bonds. The van der Waals surface area contributed by atoms with E-state index in [-0.39, 0.29) is 0 Å². The fourth-order valence-electron chi connectivity index (χ4n) is 2.80. The maximum atomic E-state index is 6.23. The lowest BCUT2D eigenvalue weighted by atomic mass is 10.2. The second-order valence-corrected chi connectivity index (χ2v) is 11.5. The Bertz CT molecular complexity index is 627. The van der Waals surface area contributed by atoms with E-state index in [2.05, 4.69) is 79.0 Å². The van der Waals surface area contributed by atoms with Crippen LogP contribution in [-0.2, 0) is 29.4 Å². The summed E-state index contributed by atoms with van der Waals surface area (Å²) in [6.45, 7) is 5.12. The highest BCUT2D eigenvalue weighted by Crippen LogP contribution is 2.49. The first kappa shape index (κ1) is 19.9. The van der Waals surface area contributed by atoms with Gasteiger partial charge in [-0.2, -0.15) is 0 Å². The Morgan fingerprint density at radius 1 is 0.960 bits per heavy atom. The van der Waals surface area contributed by atoms with Gasteiger partial charge in [-0.1, -0.05) is 79.0 Å². The molecule has 0 aliphatic rings. The van der Waals surface area contributed by atoms with Crippen molar-refractivity contribution in [1.82, 2.24) is 4.67 Å². The molecule has 0 saturated carbocycles. The van der Waals surface area contributed by atoms with E-state index in [0.29, 0.717) is 6.61 Å². The fourth-order valence-corrected chi connectivity index (χ4v) is 6.16. The van der Waals surface area contributed by atoms with Crippen LogP contribution in [0.15, 0.2) is 73.5 Å². The normalized spacial score (nSPS) is 11.4. The third kappa shape index (κ3) is 6.78. The molecule has 4 heteroatoms. The predicted octanol–water partition coefficient (Wildman–Crippen LogP) is 4.96. The standard InChI is InChI=1S/C21H28NOPS/c1-3-23-17-16-22(2)24(25,18-14-20-10-6-4-7-11-20)19-15-21-12-8-5-9-13-21/h3-13H,1,14-19H2,2H3. The van der Waals surface area contributed by atoms with Crippen molar-refractivity contribution < 1.29 is 4.74 Å². The first-order chi connectivity index (χ1) is 12.1. The summed E-state index contributed by atoms with van der Waals surface area (Å²) in [5, 5.41) is 0. The van der Waals surface area contributed by atoms with Gasteiger partial charge in [0.1, 0.15) is 6.61 Å². The van der Waals surface area contributed by atoms with Crippen molar-refractivity contribution in [2.75, 3.05) is 32.5 Å². The summed E-state index contributed by atoms with van der Waals surface area (Å²) in [4.78, 5) is 0. The van der Waals surface area contributed by atoms with Crippen LogP contribution in [0.1, 0.15) is 11.1 Å². The van der Waals surface area contributed by atoms with Crippen molar-refractivity contribution in [1.29, 1.82) is 0 Å². The van der Waals surface area contributed by atoms with Gasteiger partial charge in [-0.05, 0) is 43.3 Å². The lowest BCUT2D eigenvalue weighted by molar-refractivity contribution is 0.233. The van der Waals surface area contributed by atoms with Gasteiger partial charge < -0.3 is 4.74 Å². The number of benzene rings is 2. The van der Waals surface area contributed by atoms with Crippen molar-refractivity contribution in [3.63, 3.8) is 0 Å². The van der Waals surface area contributed by atoms with Crippen LogP contribution in [0.4, 0.5) is 0 Å². The van der Waals surface area contributed by atoms with Crippen LogP contribution in [0.2, 0.25) is 0 Å². The smallest absolute Gasteiger partial charge is 0.100 e. The zero-order valence-electron chi connectivity index (χ0n) is 15.0. The summed E-state index contributed by atoms with van der Waals surface area (Å²) < 4.78 is 7.69. The van der Waals surface area contributed by atoms with Crippen molar-refractivity contribution >= 4 is 18.0 Å². The van der Waals surface area contributed by atoms with Gasteiger partial charge in [0.25, 0.3) is 0 Å². The van der Waals surface area contributed by atoms with Crippen LogP contribution in [0.5, 0.6) is 0 Å². The molecule has 0 unspecified atom stereocenters. The van der Waals surface area contributed by atoms with Gasteiger partial charge in [0.05, 0.1) is 6.26 Å². The molecule has 2 nitrogen and oxygen atoms in total. The first-order valence-electron chi connectivity index (χ1n) is 8.74. The molecule has 2 aromatic carbocycles. The van der Waals surface area contributed by atoms with E-state index in [1.54, 1.807) is 0 Å². The Morgan fingerprint density at radius 3 is 1.88 bits per heavy atom. The topological polar surface area (TPSA) is 12.5 Å². The lowest BCUT2D eigenvalue weighted by Gasteiger charge is -2.32. The number of nitrogens with zero attached hydrogens (tertiary/aromatic N) is 1. The fraction of sp³-hybridized carbons (Fsp3) is 0.333. The summed E-state index contributed by atoms with van der Waals surface area (Å²) in [6.07, 6.45) is 4.08. The maximum Gasteiger partial charge on any atom is 0.100 e. The Balaban J connectivity index is 2.03. The molecule has 2 rings (SSSR count). The molecule has 2 aromatic rings. The van der Waals surface area contributed by atoms with Crippen LogP contribution in [-0.4, -0.2) is 37.2 Å². The van der Waals surface area contributed by atoms with Crippen molar-refractivity contribution in [3.05, 3.63) is 84.6 Å². The zero-order chi connectivity index (χ0) is 18.0. The van der Waals surface area contributed by atoms with E-state index < -0.39 is 6.19 Å². The zero-order valence-corrected chi connectivity index (χ0v) is 16.7. The minimum atomic E-state index is -1.63. The number of ether oxygens (including phenoxy) is 1. The first-order valence-corrected chi connectivity index (χ1v) is 11.9. The van der Waals surface area contributed by atoms with Crippen LogP contribution in [0.3, 0.4) is 0 Å². The summed E-state index contributed by atoms with van der Waals surface area (Å²) in [6, 6.07) is 21.3. The number of hydrogen-bond acceptors (Lipinski definition) is 2. The molecule has 0 heterocycles. The van der Waals surface area contributed by atoms with Crippen molar-refractivity contribution in [2.24, 2.45) is 0 Å². The molecule has 0 aliphatic heterocycles. The average Bonchev–Trinajstić information content (AvgIpc) is 2.66. The molecule has 0 saturated heterocycles. The second-order valence-electron chi connectivity index (χ2n) is 6.18. The molecule has 134 valence electrons. The third-order valence-electron chi connectivity index (χ3n) is 4.46. The molecule has 25 heavy (non-hydrogen) atoms. The summed E-state index contributed by atoms with van der Waals surface area (Å²) in [5.41, 5.74) is 2.74. The van der Waals surface area contributed by atoms with Gasteiger partial charge in [-0.25, -0.2) is 0 Å². The predicted molar refractivity (Wildman–Crippen MR) is 113 cm³/mol. The van der Waals surface area contributed by atoms with Gasteiger partial charge in [0, 0.05) is 12.7 Å². The third-order valence-corrected chi connectivity index (χ3v) is 9.68. The molecule has 0 spiro atoms. The van der Waals surface area contributed by atoms with Gasteiger partial charge in [0.15, 0.2) is 0 Å². The van der Waals surface area contributed by atoms with Gasteiger partial charge in [0.2, 0.25) is 0 Å². The molecule has 0 atom stereocenters. The van der Waals surface area contributed by atoms with Crippen LogP contribution >= 0.6 is 6.19 Å². The Labute approximate surface area is 157 Å². The molecule has 0 aromatic heterocycles. The Morgan fingerprint density at radius 2 is 1.44 bits per heavy atom. The van der Waals surface area contributed by atoms with Gasteiger partial charge in [-0.15, -0.1) is 0 Å². The number of rotatable bonds is 11. The van der Waals surface area contributed by atoms with Crippen LogP contribution in [0, 0.1) is 0 Å². The summed E-state index contributed by atoms with van der Waals surface area (Å²) in [5.74, 6) is 0.